The molecule has 0 spiro atoms. The smallest absolute Gasteiger partial charge is 0.327 e. The van der Waals surface area contributed by atoms with E-state index < -0.39 is 12.0 Å². The highest BCUT2D eigenvalue weighted by Crippen LogP contribution is 2.23. The molecule has 1 atom stereocenters. The molecular weight excluding hydrogens is 291 g/mol. The van der Waals surface area contributed by atoms with Crippen LogP contribution in [-0.4, -0.2) is 47.6 Å². The SMILES string of the molecule is O=C(O)C1CNCCN1C(=O)c1ccc(Cl)c(Cl)c1. The number of carboxylic acid groups (broad SMARTS) is 1. The number of aliphatic carboxylic acids is 1. The van der Waals surface area contributed by atoms with Crippen molar-refractivity contribution < 1.29 is 14.7 Å². The number of benzene rings is 1. The van der Waals surface area contributed by atoms with Gasteiger partial charge in [-0.15, -0.1) is 0 Å². The molecule has 7 heteroatoms. The van der Waals surface area contributed by atoms with Crippen molar-refractivity contribution in [2.75, 3.05) is 19.6 Å². The molecule has 1 aromatic rings. The topological polar surface area (TPSA) is 69.6 Å². The van der Waals surface area contributed by atoms with Gasteiger partial charge in [0.25, 0.3) is 5.91 Å². The monoisotopic (exact) mass is 302 g/mol. The Morgan fingerprint density at radius 1 is 1.32 bits per heavy atom. The van der Waals surface area contributed by atoms with Crippen molar-refractivity contribution in [2.24, 2.45) is 0 Å². The second kappa shape index (κ2) is 5.77. The van der Waals surface area contributed by atoms with E-state index >= 15 is 0 Å². The highest BCUT2D eigenvalue weighted by Gasteiger charge is 2.32. The molecule has 1 fully saturated rings. The molecule has 1 aliphatic heterocycles. The van der Waals surface area contributed by atoms with Crippen molar-refractivity contribution >= 4 is 35.1 Å². The lowest BCUT2D eigenvalue weighted by molar-refractivity contribution is -0.142. The maximum absolute atomic E-state index is 12.3. The Morgan fingerprint density at radius 3 is 2.68 bits per heavy atom. The molecule has 0 bridgehead atoms. The van der Waals surface area contributed by atoms with Crippen LogP contribution in [0.2, 0.25) is 10.0 Å². The molecule has 1 aromatic carbocycles. The maximum Gasteiger partial charge on any atom is 0.327 e. The predicted molar refractivity (Wildman–Crippen MR) is 71.8 cm³/mol. The standard InChI is InChI=1S/C12H12Cl2N2O3/c13-8-2-1-7(5-9(8)14)11(17)16-4-3-15-6-10(16)12(18)19/h1-2,5,10,15H,3-4,6H2,(H,18,19). The molecule has 0 aliphatic carbocycles. The molecule has 1 aliphatic rings. The van der Waals surface area contributed by atoms with Gasteiger partial charge in [0, 0.05) is 25.2 Å². The summed E-state index contributed by atoms with van der Waals surface area (Å²) in [6.45, 7) is 1.15. The number of carbonyl (C=O) groups is 2. The quantitative estimate of drug-likeness (QED) is 0.868. The molecule has 2 rings (SSSR count). The third-order valence-corrected chi connectivity index (χ3v) is 3.69. The Morgan fingerprint density at radius 2 is 2.05 bits per heavy atom. The van der Waals surface area contributed by atoms with Gasteiger partial charge in [0.2, 0.25) is 0 Å². The number of nitrogens with one attached hydrogen (secondary N) is 1. The van der Waals surface area contributed by atoms with Crippen LogP contribution < -0.4 is 5.32 Å². The van der Waals surface area contributed by atoms with Gasteiger partial charge in [-0.05, 0) is 18.2 Å². The van der Waals surface area contributed by atoms with Gasteiger partial charge in [0.15, 0.2) is 0 Å². The van der Waals surface area contributed by atoms with Gasteiger partial charge < -0.3 is 15.3 Å². The predicted octanol–water partition coefficient (Wildman–Crippen LogP) is 1.49. The minimum absolute atomic E-state index is 0.238. The van der Waals surface area contributed by atoms with E-state index in [1.54, 1.807) is 0 Å². The van der Waals surface area contributed by atoms with Gasteiger partial charge in [0.1, 0.15) is 6.04 Å². The Balaban J connectivity index is 2.26. The summed E-state index contributed by atoms with van der Waals surface area (Å²) in [6, 6.07) is 3.65. The fourth-order valence-corrected chi connectivity index (χ4v) is 2.26. The normalized spacial score (nSPS) is 19.3. The zero-order valence-electron chi connectivity index (χ0n) is 9.90. The number of carbonyl (C=O) groups excluding carboxylic acids is 1. The van der Waals surface area contributed by atoms with E-state index in [9.17, 15) is 9.59 Å². The number of halogens is 2. The number of piperazine rings is 1. The van der Waals surface area contributed by atoms with Crippen molar-refractivity contribution in [2.45, 2.75) is 6.04 Å². The van der Waals surface area contributed by atoms with Crippen molar-refractivity contribution in [3.63, 3.8) is 0 Å². The Bertz CT molecular complexity index is 522. The zero-order valence-corrected chi connectivity index (χ0v) is 11.4. The summed E-state index contributed by atoms with van der Waals surface area (Å²) < 4.78 is 0. The number of rotatable bonds is 2. The van der Waals surface area contributed by atoms with E-state index in [1.807, 2.05) is 0 Å². The minimum Gasteiger partial charge on any atom is -0.480 e. The first kappa shape index (κ1) is 14.1. The van der Waals surface area contributed by atoms with Crippen LogP contribution in [0.1, 0.15) is 10.4 Å². The molecule has 0 radical (unpaired) electrons. The highest BCUT2D eigenvalue weighted by atomic mass is 35.5. The van der Waals surface area contributed by atoms with Crippen LogP contribution in [0.25, 0.3) is 0 Å². The number of carboxylic acids is 1. The van der Waals surface area contributed by atoms with Crippen LogP contribution in [0.4, 0.5) is 0 Å². The molecule has 1 amide bonds. The lowest BCUT2D eigenvalue weighted by Crippen LogP contribution is -2.56. The average Bonchev–Trinajstić information content (AvgIpc) is 2.41. The lowest BCUT2D eigenvalue weighted by Gasteiger charge is -2.33. The lowest BCUT2D eigenvalue weighted by atomic mass is 10.1. The van der Waals surface area contributed by atoms with Gasteiger partial charge in [-0.25, -0.2) is 4.79 Å². The third kappa shape index (κ3) is 3.00. The minimum atomic E-state index is -1.03. The van der Waals surface area contributed by atoms with Gasteiger partial charge in [-0.3, -0.25) is 4.79 Å². The number of hydrogen-bond donors (Lipinski definition) is 2. The van der Waals surface area contributed by atoms with E-state index in [1.165, 1.54) is 23.1 Å². The van der Waals surface area contributed by atoms with Gasteiger partial charge in [-0.1, -0.05) is 23.2 Å². The number of nitrogens with zero attached hydrogens (tertiary/aromatic N) is 1. The molecule has 0 aromatic heterocycles. The van der Waals surface area contributed by atoms with E-state index in [4.69, 9.17) is 28.3 Å². The highest BCUT2D eigenvalue weighted by molar-refractivity contribution is 6.42. The summed E-state index contributed by atoms with van der Waals surface area (Å²) in [7, 11) is 0. The van der Waals surface area contributed by atoms with Crippen LogP contribution >= 0.6 is 23.2 Å². The first-order valence-electron chi connectivity index (χ1n) is 5.70. The number of hydrogen-bond acceptors (Lipinski definition) is 3. The second-order valence-electron chi connectivity index (χ2n) is 4.19. The molecule has 1 unspecified atom stereocenters. The second-order valence-corrected chi connectivity index (χ2v) is 5.00. The van der Waals surface area contributed by atoms with E-state index in [0.29, 0.717) is 23.7 Å². The van der Waals surface area contributed by atoms with Crippen LogP contribution in [-0.2, 0) is 4.79 Å². The maximum atomic E-state index is 12.3. The van der Waals surface area contributed by atoms with Crippen molar-refractivity contribution in [3.05, 3.63) is 33.8 Å². The van der Waals surface area contributed by atoms with Crippen molar-refractivity contribution in [1.82, 2.24) is 10.2 Å². The summed E-state index contributed by atoms with van der Waals surface area (Å²) in [4.78, 5) is 24.8. The van der Waals surface area contributed by atoms with Crippen LogP contribution in [0.3, 0.4) is 0 Å². The third-order valence-electron chi connectivity index (χ3n) is 2.96. The van der Waals surface area contributed by atoms with Gasteiger partial charge in [-0.2, -0.15) is 0 Å². The Labute approximate surface area is 120 Å². The van der Waals surface area contributed by atoms with Gasteiger partial charge in [0.05, 0.1) is 10.0 Å². The van der Waals surface area contributed by atoms with Crippen LogP contribution in [0, 0.1) is 0 Å². The first-order valence-corrected chi connectivity index (χ1v) is 6.46. The molecule has 1 heterocycles. The summed E-state index contributed by atoms with van der Waals surface area (Å²) in [5, 5.41) is 12.7. The molecule has 2 N–H and O–H groups in total. The molecule has 102 valence electrons. The fraction of sp³-hybridized carbons (Fsp3) is 0.333. The largest absolute Gasteiger partial charge is 0.480 e. The first-order chi connectivity index (χ1) is 9.00. The summed E-state index contributed by atoms with van der Waals surface area (Å²) in [5.74, 6) is -1.38. The van der Waals surface area contributed by atoms with Gasteiger partial charge >= 0.3 is 5.97 Å². The molecule has 0 saturated carbocycles. The Kier molecular flexibility index (Phi) is 4.29. The van der Waals surface area contributed by atoms with E-state index in [0.717, 1.165) is 0 Å². The van der Waals surface area contributed by atoms with Crippen LogP contribution in [0.15, 0.2) is 18.2 Å². The molecule has 1 saturated heterocycles. The van der Waals surface area contributed by atoms with E-state index in [2.05, 4.69) is 5.32 Å². The summed E-state index contributed by atoms with van der Waals surface area (Å²) >= 11 is 11.7. The fourth-order valence-electron chi connectivity index (χ4n) is 1.96. The zero-order chi connectivity index (χ0) is 14.0. The molecule has 5 nitrogen and oxygen atoms in total. The average molecular weight is 303 g/mol. The molecular formula is C12H12Cl2N2O3. The summed E-state index contributed by atoms with van der Waals surface area (Å²) in [5.41, 5.74) is 0.336. The van der Waals surface area contributed by atoms with Crippen molar-refractivity contribution in [1.29, 1.82) is 0 Å². The Hall–Kier alpha value is -1.30. The number of amides is 1. The van der Waals surface area contributed by atoms with Crippen LogP contribution in [0.5, 0.6) is 0 Å². The molecule has 19 heavy (non-hydrogen) atoms. The summed E-state index contributed by atoms with van der Waals surface area (Å²) in [6.07, 6.45) is 0. The van der Waals surface area contributed by atoms with E-state index in [-0.39, 0.29) is 17.5 Å². The van der Waals surface area contributed by atoms with Crippen molar-refractivity contribution in [3.8, 4) is 0 Å².